The second-order valence-corrected chi connectivity index (χ2v) is 6.50. The van der Waals surface area contributed by atoms with Crippen LogP contribution in [0.3, 0.4) is 0 Å². The van der Waals surface area contributed by atoms with E-state index in [1.165, 1.54) is 4.90 Å². The molecule has 3 aliphatic rings. The molecule has 0 radical (unpaired) electrons. The highest BCUT2D eigenvalue weighted by Crippen LogP contribution is 2.35. The molecular formula is C17H20N4O4. The quantitative estimate of drug-likeness (QED) is 0.693. The highest BCUT2D eigenvalue weighted by Gasteiger charge is 2.44. The van der Waals surface area contributed by atoms with Gasteiger partial charge in [0.2, 0.25) is 0 Å². The van der Waals surface area contributed by atoms with Gasteiger partial charge in [-0.15, -0.1) is 0 Å². The fourth-order valence-electron chi connectivity index (χ4n) is 3.13. The Morgan fingerprint density at radius 3 is 2.76 bits per heavy atom. The molecule has 0 spiro atoms. The van der Waals surface area contributed by atoms with Gasteiger partial charge >= 0.3 is 6.03 Å². The highest BCUT2D eigenvalue weighted by molar-refractivity contribution is 6.22. The molecule has 0 aromatic heterocycles. The first-order valence-corrected chi connectivity index (χ1v) is 8.52. The first-order chi connectivity index (χ1) is 12.1. The molecule has 25 heavy (non-hydrogen) atoms. The number of benzene rings is 1. The molecule has 8 heteroatoms. The summed E-state index contributed by atoms with van der Waals surface area (Å²) in [6.07, 6.45) is 1.69. The number of carbonyl (C=O) groups is 3. The minimum Gasteiger partial charge on any atom is -0.374 e. The third-order valence-corrected chi connectivity index (χ3v) is 4.58. The number of rotatable bonds is 4. The van der Waals surface area contributed by atoms with Crippen LogP contribution in [0.5, 0.6) is 0 Å². The molecule has 1 aromatic rings. The number of nitrogens with zero attached hydrogens (tertiary/aromatic N) is 1. The summed E-state index contributed by atoms with van der Waals surface area (Å²) in [4.78, 5) is 38.1. The summed E-state index contributed by atoms with van der Waals surface area (Å²) in [5, 5.41) is 8.64. The van der Waals surface area contributed by atoms with Crippen molar-refractivity contribution in [1.29, 1.82) is 0 Å². The van der Waals surface area contributed by atoms with Crippen molar-refractivity contribution >= 4 is 23.5 Å². The molecule has 1 aliphatic carbocycles. The van der Waals surface area contributed by atoms with Crippen LogP contribution in [0.15, 0.2) is 18.2 Å². The van der Waals surface area contributed by atoms with Crippen molar-refractivity contribution in [3.05, 3.63) is 29.3 Å². The maximum Gasteiger partial charge on any atom is 0.319 e. The number of amides is 4. The topological polar surface area (TPSA) is 99.8 Å². The minimum absolute atomic E-state index is 0.0382. The van der Waals surface area contributed by atoms with Crippen LogP contribution in [-0.4, -0.2) is 61.1 Å². The van der Waals surface area contributed by atoms with Crippen LogP contribution < -0.4 is 16.0 Å². The molecule has 4 amide bonds. The molecule has 0 bridgehead atoms. The van der Waals surface area contributed by atoms with Gasteiger partial charge in [0.25, 0.3) is 11.8 Å². The Morgan fingerprint density at radius 2 is 2.04 bits per heavy atom. The zero-order valence-electron chi connectivity index (χ0n) is 13.7. The number of nitrogens with one attached hydrogen (secondary N) is 3. The van der Waals surface area contributed by atoms with Gasteiger partial charge in [0.15, 0.2) is 0 Å². The third kappa shape index (κ3) is 3.22. The summed E-state index contributed by atoms with van der Waals surface area (Å²) in [5.41, 5.74) is 1.25. The number of ether oxygens (including phenoxy) is 1. The summed E-state index contributed by atoms with van der Waals surface area (Å²) < 4.78 is 5.51. The first kappa shape index (κ1) is 16.0. The highest BCUT2D eigenvalue weighted by atomic mass is 16.5. The van der Waals surface area contributed by atoms with Crippen molar-refractivity contribution in [2.45, 2.75) is 25.0 Å². The smallest absolute Gasteiger partial charge is 0.319 e. The molecular weight excluding hydrogens is 324 g/mol. The number of imide groups is 1. The van der Waals surface area contributed by atoms with Gasteiger partial charge in [-0.25, -0.2) is 4.79 Å². The molecule has 0 unspecified atom stereocenters. The van der Waals surface area contributed by atoms with E-state index < -0.39 is 0 Å². The number of carbonyl (C=O) groups excluding carboxylic acids is 3. The summed E-state index contributed by atoms with van der Waals surface area (Å²) in [6.45, 7) is 2.55. The molecule has 8 nitrogen and oxygen atoms in total. The van der Waals surface area contributed by atoms with E-state index in [0.717, 1.165) is 19.4 Å². The molecule has 2 fully saturated rings. The molecule has 2 heterocycles. The van der Waals surface area contributed by atoms with Crippen LogP contribution in [-0.2, 0) is 4.74 Å². The number of hydrogen-bond donors (Lipinski definition) is 3. The summed E-state index contributed by atoms with van der Waals surface area (Å²) >= 11 is 0. The van der Waals surface area contributed by atoms with Crippen LogP contribution in [0.2, 0.25) is 0 Å². The number of urea groups is 1. The Hall–Kier alpha value is -2.45. The van der Waals surface area contributed by atoms with Crippen molar-refractivity contribution in [2.24, 2.45) is 0 Å². The van der Waals surface area contributed by atoms with Crippen LogP contribution in [0.1, 0.15) is 33.6 Å². The molecule has 1 atom stereocenters. The second-order valence-electron chi connectivity index (χ2n) is 6.50. The van der Waals surface area contributed by atoms with Crippen LogP contribution in [0.4, 0.5) is 10.5 Å². The van der Waals surface area contributed by atoms with E-state index >= 15 is 0 Å². The van der Waals surface area contributed by atoms with Crippen molar-refractivity contribution in [1.82, 2.24) is 15.5 Å². The van der Waals surface area contributed by atoms with E-state index in [1.807, 2.05) is 0 Å². The van der Waals surface area contributed by atoms with Gasteiger partial charge in [-0.1, -0.05) is 0 Å². The Labute approximate surface area is 144 Å². The van der Waals surface area contributed by atoms with Crippen LogP contribution >= 0.6 is 0 Å². The lowest BCUT2D eigenvalue weighted by Gasteiger charge is -2.23. The lowest BCUT2D eigenvalue weighted by atomic mass is 10.1. The Morgan fingerprint density at radius 1 is 1.24 bits per heavy atom. The van der Waals surface area contributed by atoms with Gasteiger partial charge in [0, 0.05) is 31.4 Å². The summed E-state index contributed by atoms with van der Waals surface area (Å²) in [5.74, 6) is -0.506. The number of anilines is 1. The second kappa shape index (κ2) is 6.45. The van der Waals surface area contributed by atoms with E-state index in [1.54, 1.807) is 18.2 Å². The van der Waals surface area contributed by atoms with Gasteiger partial charge < -0.3 is 20.7 Å². The summed E-state index contributed by atoms with van der Waals surface area (Å²) in [6, 6.07) is 4.47. The lowest BCUT2D eigenvalue weighted by molar-refractivity contribution is 0.0310. The zero-order valence-corrected chi connectivity index (χ0v) is 13.7. The predicted octanol–water partition coefficient (Wildman–Crippen LogP) is 0.555. The molecule has 2 aliphatic heterocycles. The van der Waals surface area contributed by atoms with Gasteiger partial charge in [-0.05, 0) is 31.0 Å². The molecule has 132 valence electrons. The maximum absolute atomic E-state index is 12.4. The molecule has 1 aromatic carbocycles. The Bertz CT molecular complexity index is 725. The largest absolute Gasteiger partial charge is 0.374 e. The van der Waals surface area contributed by atoms with E-state index in [2.05, 4.69) is 16.0 Å². The predicted molar refractivity (Wildman–Crippen MR) is 89.6 cm³/mol. The van der Waals surface area contributed by atoms with E-state index in [0.29, 0.717) is 36.5 Å². The number of fused-ring (bicyclic) bond motifs is 1. The SMILES string of the molecule is O=C(NC[C@H]1CNCCO1)Nc1ccc2c(c1)C(=O)N(C1CC1)C2=O. The number of hydrogen-bond acceptors (Lipinski definition) is 5. The molecule has 3 N–H and O–H groups in total. The van der Waals surface area contributed by atoms with E-state index in [4.69, 9.17) is 4.74 Å². The average molecular weight is 344 g/mol. The first-order valence-electron chi connectivity index (χ1n) is 8.52. The van der Waals surface area contributed by atoms with Crippen LogP contribution in [0, 0.1) is 0 Å². The van der Waals surface area contributed by atoms with Gasteiger partial charge in [-0.2, -0.15) is 0 Å². The minimum atomic E-state index is -0.370. The normalized spacial score (nSPS) is 22.7. The summed E-state index contributed by atoms with van der Waals surface area (Å²) in [7, 11) is 0. The monoisotopic (exact) mass is 344 g/mol. The fourth-order valence-corrected chi connectivity index (χ4v) is 3.13. The van der Waals surface area contributed by atoms with E-state index in [9.17, 15) is 14.4 Å². The average Bonchev–Trinajstić information content (AvgIpc) is 3.42. The standard InChI is InChI=1S/C17H20N4O4/c22-15-13-4-1-10(7-14(13)16(23)21(15)11-2-3-11)20-17(24)19-9-12-8-18-5-6-25-12/h1,4,7,11-12,18H,2-3,5-6,8-9H2,(H2,19,20,24)/t12-/m1/s1. The lowest BCUT2D eigenvalue weighted by Crippen LogP contribution is -2.46. The van der Waals surface area contributed by atoms with Crippen molar-refractivity contribution in [2.75, 3.05) is 31.6 Å². The van der Waals surface area contributed by atoms with Crippen molar-refractivity contribution in [3.8, 4) is 0 Å². The van der Waals surface area contributed by atoms with Crippen molar-refractivity contribution < 1.29 is 19.1 Å². The van der Waals surface area contributed by atoms with Gasteiger partial charge in [0.05, 0.1) is 23.8 Å². The molecule has 4 rings (SSSR count). The van der Waals surface area contributed by atoms with Crippen molar-refractivity contribution in [3.63, 3.8) is 0 Å². The number of morpholine rings is 1. The third-order valence-electron chi connectivity index (χ3n) is 4.58. The molecule has 1 saturated heterocycles. The molecule has 1 saturated carbocycles. The van der Waals surface area contributed by atoms with Crippen LogP contribution in [0.25, 0.3) is 0 Å². The van der Waals surface area contributed by atoms with Gasteiger partial charge in [-0.3, -0.25) is 14.5 Å². The Kier molecular flexibility index (Phi) is 4.14. The maximum atomic E-state index is 12.4. The van der Waals surface area contributed by atoms with E-state index in [-0.39, 0.29) is 30.0 Å². The zero-order chi connectivity index (χ0) is 17.4. The fraction of sp³-hybridized carbons (Fsp3) is 0.471. The van der Waals surface area contributed by atoms with Gasteiger partial charge in [0.1, 0.15) is 0 Å². The Balaban J connectivity index is 1.38.